The van der Waals surface area contributed by atoms with Gasteiger partial charge in [-0.25, -0.2) is 13.8 Å². The lowest BCUT2D eigenvalue weighted by Gasteiger charge is -2.19. The van der Waals surface area contributed by atoms with Crippen LogP contribution in [-0.2, 0) is 10.0 Å². The number of hydrogen-bond donors (Lipinski definition) is 1. The van der Waals surface area contributed by atoms with Crippen LogP contribution in [0.2, 0.25) is 10.0 Å². The van der Waals surface area contributed by atoms with E-state index in [0.29, 0.717) is 38.4 Å². The van der Waals surface area contributed by atoms with Gasteiger partial charge in [0.2, 0.25) is 0 Å². The molecule has 0 fully saturated rings. The van der Waals surface area contributed by atoms with Gasteiger partial charge in [-0.3, -0.25) is 9.10 Å². The molecular weight excluding hydrogens is 521 g/mol. The van der Waals surface area contributed by atoms with E-state index in [4.69, 9.17) is 27.6 Å². The highest BCUT2D eigenvalue weighted by atomic mass is 35.5. The number of benzene rings is 3. The molecule has 7 nitrogen and oxygen atoms in total. The first-order valence-corrected chi connectivity index (χ1v) is 12.9. The Hall–Kier alpha value is -3.59. The SMILES string of the molecule is Cc1ccc(S(=O)(=O)N(C)c2ccc(C(=O)N/N=C\c3ccc(-c4ccc(Cl)cc4Cl)o3)cc2)cc1. The maximum Gasteiger partial charge on any atom is 0.271 e. The van der Waals surface area contributed by atoms with E-state index in [0.717, 1.165) is 5.56 Å². The molecule has 0 aliphatic heterocycles. The van der Waals surface area contributed by atoms with Gasteiger partial charge in [0.1, 0.15) is 11.5 Å². The minimum absolute atomic E-state index is 0.186. The first kappa shape index (κ1) is 25.5. The van der Waals surface area contributed by atoms with E-state index in [-0.39, 0.29) is 4.90 Å². The Balaban J connectivity index is 1.40. The van der Waals surface area contributed by atoms with Crippen LogP contribution in [-0.4, -0.2) is 27.6 Å². The lowest BCUT2D eigenvalue weighted by Crippen LogP contribution is -2.26. The number of rotatable bonds is 7. The summed E-state index contributed by atoms with van der Waals surface area (Å²) in [7, 11) is -2.26. The van der Waals surface area contributed by atoms with Crippen LogP contribution in [0.25, 0.3) is 11.3 Å². The molecule has 0 radical (unpaired) electrons. The minimum Gasteiger partial charge on any atom is -0.455 e. The number of aryl methyl sites for hydroxylation is 1. The van der Waals surface area contributed by atoms with Gasteiger partial charge in [-0.2, -0.15) is 5.10 Å². The Kier molecular flexibility index (Phi) is 7.49. The van der Waals surface area contributed by atoms with E-state index in [2.05, 4.69) is 10.5 Å². The zero-order chi connectivity index (χ0) is 25.9. The maximum atomic E-state index is 12.9. The first-order valence-electron chi connectivity index (χ1n) is 10.7. The topological polar surface area (TPSA) is 92.0 Å². The number of amides is 1. The molecule has 4 aromatic rings. The summed E-state index contributed by atoms with van der Waals surface area (Å²) < 4.78 is 32.6. The van der Waals surface area contributed by atoms with Crippen molar-refractivity contribution in [2.24, 2.45) is 5.10 Å². The van der Waals surface area contributed by atoms with Crippen molar-refractivity contribution in [3.8, 4) is 11.3 Å². The molecule has 0 spiro atoms. The van der Waals surface area contributed by atoms with E-state index in [1.54, 1.807) is 66.7 Å². The molecule has 0 aliphatic carbocycles. The Bertz CT molecular complexity index is 1530. The summed E-state index contributed by atoms with van der Waals surface area (Å²) in [6.07, 6.45) is 1.36. The molecule has 4 rings (SSSR count). The third-order valence-corrected chi connectivity index (χ3v) is 7.70. The molecule has 0 aliphatic rings. The zero-order valence-corrected chi connectivity index (χ0v) is 21.6. The van der Waals surface area contributed by atoms with Crippen LogP contribution in [0.15, 0.2) is 93.3 Å². The number of halogens is 2. The van der Waals surface area contributed by atoms with Crippen molar-refractivity contribution in [2.75, 3.05) is 11.4 Å². The number of hydrogen-bond acceptors (Lipinski definition) is 5. The second kappa shape index (κ2) is 10.6. The minimum atomic E-state index is -3.73. The number of nitrogens with one attached hydrogen (secondary N) is 1. The maximum absolute atomic E-state index is 12.9. The summed E-state index contributed by atoms with van der Waals surface area (Å²) in [6.45, 7) is 1.89. The van der Waals surface area contributed by atoms with Crippen molar-refractivity contribution < 1.29 is 17.6 Å². The number of anilines is 1. The molecule has 0 bridgehead atoms. The van der Waals surface area contributed by atoms with Crippen molar-refractivity contribution in [3.05, 3.63) is 106 Å². The smallest absolute Gasteiger partial charge is 0.271 e. The van der Waals surface area contributed by atoms with Gasteiger partial charge >= 0.3 is 0 Å². The lowest BCUT2D eigenvalue weighted by molar-refractivity contribution is 0.0955. The number of carbonyl (C=O) groups is 1. The van der Waals surface area contributed by atoms with Gasteiger partial charge in [0.15, 0.2) is 0 Å². The average molecular weight is 542 g/mol. The number of hydrazone groups is 1. The van der Waals surface area contributed by atoms with E-state index >= 15 is 0 Å². The molecule has 1 aromatic heterocycles. The largest absolute Gasteiger partial charge is 0.455 e. The number of carbonyl (C=O) groups excluding carboxylic acids is 1. The number of furan rings is 1. The summed E-state index contributed by atoms with van der Waals surface area (Å²) in [5.74, 6) is 0.480. The fraction of sp³-hybridized carbons (Fsp3) is 0.0769. The van der Waals surface area contributed by atoms with Crippen LogP contribution in [0.4, 0.5) is 5.69 Å². The second-order valence-corrected chi connectivity index (χ2v) is 10.7. The predicted octanol–water partition coefficient (Wildman–Crippen LogP) is 6.15. The second-order valence-electron chi connectivity index (χ2n) is 7.86. The number of sulfonamides is 1. The molecule has 1 N–H and O–H groups in total. The molecule has 1 amide bonds. The summed E-state index contributed by atoms with van der Waals surface area (Å²) in [6, 6.07) is 21.3. The Morgan fingerprint density at radius 2 is 1.67 bits per heavy atom. The van der Waals surface area contributed by atoms with Crippen molar-refractivity contribution in [1.29, 1.82) is 0 Å². The molecule has 3 aromatic carbocycles. The van der Waals surface area contributed by atoms with Crippen molar-refractivity contribution in [3.63, 3.8) is 0 Å². The predicted molar refractivity (Wildman–Crippen MR) is 142 cm³/mol. The standard InChI is InChI=1S/C26H21Cl2N3O4S/c1-17-3-11-22(12-4-17)36(33,34)31(2)20-8-5-18(6-9-20)26(32)30-29-16-21-10-14-25(35-21)23-13-7-19(27)15-24(23)28/h3-16H,1-2H3,(H,30,32)/b29-16-. The van der Waals surface area contributed by atoms with Crippen molar-refractivity contribution in [2.45, 2.75) is 11.8 Å². The van der Waals surface area contributed by atoms with Crippen LogP contribution in [0.1, 0.15) is 21.7 Å². The molecule has 36 heavy (non-hydrogen) atoms. The summed E-state index contributed by atoms with van der Waals surface area (Å²) >= 11 is 12.1. The Morgan fingerprint density at radius 1 is 0.972 bits per heavy atom. The average Bonchev–Trinajstić information content (AvgIpc) is 3.32. The van der Waals surface area contributed by atoms with E-state index < -0.39 is 15.9 Å². The fourth-order valence-electron chi connectivity index (χ4n) is 3.31. The quantitative estimate of drug-likeness (QED) is 0.224. The highest BCUT2D eigenvalue weighted by Crippen LogP contribution is 2.31. The molecular formula is C26H21Cl2N3O4S. The number of nitrogens with zero attached hydrogens (tertiary/aromatic N) is 2. The van der Waals surface area contributed by atoms with E-state index in [1.165, 1.54) is 29.7 Å². The zero-order valence-electron chi connectivity index (χ0n) is 19.3. The van der Waals surface area contributed by atoms with Gasteiger partial charge in [-0.1, -0.05) is 40.9 Å². The van der Waals surface area contributed by atoms with E-state index in [9.17, 15) is 13.2 Å². The highest BCUT2D eigenvalue weighted by molar-refractivity contribution is 7.92. The molecule has 0 unspecified atom stereocenters. The van der Waals surface area contributed by atoms with Gasteiger partial charge in [-0.05, 0) is 73.7 Å². The Labute approximate surface area is 219 Å². The highest BCUT2D eigenvalue weighted by Gasteiger charge is 2.21. The lowest BCUT2D eigenvalue weighted by atomic mass is 10.2. The van der Waals surface area contributed by atoms with Crippen LogP contribution in [0.3, 0.4) is 0 Å². The summed E-state index contributed by atoms with van der Waals surface area (Å²) in [5.41, 5.74) is 4.79. The van der Waals surface area contributed by atoms with Crippen molar-refractivity contribution in [1.82, 2.24) is 5.43 Å². The van der Waals surface area contributed by atoms with Gasteiger partial charge in [0.05, 0.1) is 21.8 Å². The molecule has 0 saturated carbocycles. The molecule has 1 heterocycles. The van der Waals surface area contributed by atoms with Gasteiger partial charge < -0.3 is 4.42 Å². The van der Waals surface area contributed by atoms with Crippen LogP contribution >= 0.6 is 23.2 Å². The monoisotopic (exact) mass is 541 g/mol. The van der Waals surface area contributed by atoms with Crippen molar-refractivity contribution >= 4 is 51.0 Å². The van der Waals surface area contributed by atoms with Crippen LogP contribution in [0.5, 0.6) is 0 Å². The Morgan fingerprint density at radius 3 is 2.33 bits per heavy atom. The fourth-order valence-corrected chi connectivity index (χ4v) is 5.00. The molecule has 0 saturated heterocycles. The summed E-state index contributed by atoms with van der Waals surface area (Å²) in [5, 5.41) is 4.90. The molecule has 10 heteroatoms. The van der Waals surface area contributed by atoms with E-state index in [1.807, 2.05) is 6.92 Å². The van der Waals surface area contributed by atoms with Crippen LogP contribution in [0, 0.1) is 6.92 Å². The van der Waals surface area contributed by atoms with Gasteiger partial charge in [0.25, 0.3) is 15.9 Å². The normalized spacial score (nSPS) is 11.6. The van der Waals surface area contributed by atoms with Gasteiger partial charge in [-0.15, -0.1) is 0 Å². The third-order valence-electron chi connectivity index (χ3n) is 5.35. The van der Waals surface area contributed by atoms with Gasteiger partial charge in [0, 0.05) is 23.2 Å². The summed E-state index contributed by atoms with van der Waals surface area (Å²) in [4.78, 5) is 12.6. The first-order chi connectivity index (χ1) is 17.1. The molecule has 0 atom stereocenters. The third kappa shape index (κ3) is 5.62. The molecule has 184 valence electrons. The van der Waals surface area contributed by atoms with Crippen LogP contribution < -0.4 is 9.73 Å².